The Morgan fingerprint density at radius 1 is 1.30 bits per heavy atom. The second kappa shape index (κ2) is 5.20. The van der Waals surface area contributed by atoms with Crippen molar-refractivity contribution in [2.45, 2.75) is 31.0 Å². The predicted octanol–water partition coefficient (Wildman–Crippen LogP) is 1.26. The van der Waals surface area contributed by atoms with Gasteiger partial charge in [0.05, 0.1) is 6.20 Å². The topological polar surface area (TPSA) is 86.3 Å². The monoisotopic (exact) mass is 311 g/mol. The number of benzene rings is 1. The van der Waals surface area contributed by atoms with E-state index in [-0.39, 0.29) is 6.04 Å². The van der Waals surface area contributed by atoms with Crippen LogP contribution in [0.5, 0.6) is 0 Å². The van der Waals surface area contributed by atoms with E-state index in [1.165, 1.54) is 10.9 Å². The maximum Gasteiger partial charge on any atom is 0.268 e. The van der Waals surface area contributed by atoms with Crippen LogP contribution in [0.1, 0.15) is 24.8 Å². The summed E-state index contributed by atoms with van der Waals surface area (Å²) < 4.78 is 1.46. The molecule has 0 radical (unpaired) electrons. The molecule has 1 fully saturated rings. The number of nitrogens with two attached hydrogens (primary N) is 1. The minimum atomic E-state index is -1.28. The average molecular weight is 311 g/mol. The van der Waals surface area contributed by atoms with Crippen molar-refractivity contribution in [1.29, 1.82) is 0 Å². The molecule has 23 heavy (non-hydrogen) atoms. The minimum Gasteiger partial charge on any atom is -0.402 e. The largest absolute Gasteiger partial charge is 0.402 e. The Morgan fingerprint density at radius 2 is 2.09 bits per heavy atom. The van der Waals surface area contributed by atoms with E-state index in [1.54, 1.807) is 17.3 Å². The molecule has 1 aliphatic heterocycles. The Kier molecular flexibility index (Phi) is 3.16. The minimum absolute atomic E-state index is 0.129. The Labute approximate surface area is 133 Å². The van der Waals surface area contributed by atoms with Gasteiger partial charge in [-0.2, -0.15) is 0 Å². The van der Waals surface area contributed by atoms with Gasteiger partial charge < -0.3 is 10.6 Å². The smallest absolute Gasteiger partial charge is 0.268 e. The molecular formula is C16H17N5O2. The number of rotatable bonds is 4. The lowest BCUT2D eigenvalue weighted by molar-refractivity contribution is -0.210. The highest BCUT2D eigenvalue weighted by molar-refractivity contribution is 5.87. The summed E-state index contributed by atoms with van der Waals surface area (Å²) in [7, 11) is 0. The Bertz CT molecular complexity index is 739. The maximum absolute atomic E-state index is 12.4. The van der Waals surface area contributed by atoms with Crippen LogP contribution in [0.4, 0.5) is 0 Å². The van der Waals surface area contributed by atoms with Crippen molar-refractivity contribution in [3.63, 3.8) is 0 Å². The van der Waals surface area contributed by atoms with E-state index in [2.05, 4.69) is 10.3 Å². The van der Waals surface area contributed by atoms with Crippen LogP contribution in [-0.2, 0) is 15.3 Å². The molecule has 2 N–H and O–H groups in total. The molecule has 7 heteroatoms. The van der Waals surface area contributed by atoms with Crippen molar-refractivity contribution < 1.29 is 9.63 Å². The summed E-state index contributed by atoms with van der Waals surface area (Å²) in [5, 5.41) is 9.51. The highest BCUT2D eigenvalue weighted by Crippen LogP contribution is 2.42. The Hall–Kier alpha value is -2.67. The molecule has 1 aliphatic carbocycles. The van der Waals surface area contributed by atoms with Crippen molar-refractivity contribution in [3.8, 4) is 0 Å². The molecule has 2 heterocycles. The third-order valence-electron chi connectivity index (χ3n) is 4.46. The second-order valence-electron chi connectivity index (χ2n) is 5.81. The van der Waals surface area contributed by atoms with E-state index >= 15 is 0 Å². The number of hydroxylamine groups is 2. The third-order valence-corrected chi connectivity index (χ3v) is 4.46. The number of hydrogen-bond donors (Lipinski definition) is 1. The van der Waals surface area contributed by atoms with E-state index in [0.717, 1.165) is 24.8 Å². The van der Waals surface area contributed by atoms with E-state index in [9.17, 15) is 4.79 Å². The number of hydrogen-bond acceptors (Lipinski definition) is 5. The zero-order valence-corrected chi connectivity index (χ0v) is 12.5. The first kappa shape index (κ1) is 14.0. The van der Waals surface area contributed by atoms with Crippen LogP contribution in [0, 0.1) is 0 Å². The van der Waals surface area contributed by atoms with Gasteiger partial charge in [-0.3, -0.25) is 4.79 Å². The molecule has 1 saturated carbocycles. The number of carbonyl (C=O) groups excluding carboxylic acids is 1. The van der Waals surface area contributed by atoms with Crippen molar-refractivity contribution in [3.05, 3.63) is 54.4 Å². The lowest BCUT2D eigenvalue weighted by atomic mass is 9.90. The number of primary amides is 1. The number of nitrogens with zero attached hydrogens (tertiary/aromatic N) is 4. The van der Waals surface area contributed by atoms with Crippen molar-refractivity contribution in [1.82, 2.24) is 20.1 Å². The molecule has 1 aromatic heterocycles. The van der Waals surface area contributed by atoms with Crippen LogP contribution in [0.2, 0.25) is 0 Å². The van der Waals surface area contributed by atoms with Crippen molar-refractivity contribution in [2.75, 3.05) is 0 Å². The highest BCUT2D eigenvalue weighted by atomic mass is 16.7. The van der Waals surface area contributed by atoms with Crippen LogP contribution < -0.4 is 5.73 Å². The molecule has 1 aromatic carbocycles. The number of aromatic nitrogens is 3. The first-order valence-electron chi connectivity index (χ1n) is 7.64. The van der Waals surface area contributed by atoms with Gasteiger partial charge in [0.2, 0.25) is 5.66 Å². The molecule has 2 aliphatic rings. The molecule has 0 saturated heterocycles. The molecular weight excluding hydrogens is 294 g/mol. The first-order chi connectivity index (χ1) is 11.2. The standard InChI is InChI=1S/C16H17N5O2/c17-15(22)16(20-10-9-18-19-20)11-14(12-5-2-1-3-6-12)23-21(16)13-7-4-8-13/h1-3,5-6,9-11,13H,4,7-8H2,(H2,17,22). The van der Waals surface area contributed by atoms with Crippen LogP contribution in [0.15, 0.2) is 48.8 Å². The molecule has 7 nitrogen and oxygen atoms in total. The van der Waals surface area contributed by atoms with E-state index in [4.69, 9.17) is 10.6 Å². The number of amides is 1. The fourth-order valence-corrected chi connectivity index (χ4v) is 3.01. The molecule has 2 aromatic rings. The summed E-state index contributed by atoms with van der Waals surface area (Å²) >= 11 is 0. The van der Waals surface area contributed by atoms with Gasteiger partial charge in [0.15, 0.2) is 5.76 Å². The predicted molar refractivity (Wildman–Crippen MR) is 82.2 cm³/mol. The van der Waals surface area contributed by atoms with Crippen LogP contribution in [0.25, 0.3) is 5.76 Å². The molecule has 118 valence electrons. The molecule has 4 rings (SSSR count). The van der Waals surface area contributed by atoms with Crippen LogP contribution in [0.3, 0.4) is 0 Å². The SMILES string of the molecule is NC(=O)C1(n2ccnn2)C=C(c2ccccc2)ON1C1CCC1. The summed E-state index contributed by atoms with van der Waals surface area (Å²) in [4.78, 5) is 18.5. The average Bonchev–Trinajstić information content (AvgIpc) is 3.14. The van der Waals surface area contributed by atoms with Crippen molar-refractivity contribution >= 4 is 11.7 Å². The number of carbonyl (C=O) groups is 1. The van der Waals surface area contributed by atoms with Gasteiger partial charge in [0, 0.05) is 23.9 Å². The summed E-state index contributed by atoms with van der Waals surface area (Å²) in [6, 6.07) is 9.78. The van der Waals surface area contributed by atoms with Gasteiger partial charge in [-0.15, -0.1) is 5.10 Å². The van der Waals surface area contributed by atoms with E-state index in [1.807, 2.05) is 30.3 Å². The zero-order chi connectivity index (χ0) is 15.9. The van der Waals surface area contributed by atoms with E-state index in [0.29, 0.717) is 5.76 Å². The maximum atomic E-state index is 12.4. The van der Waals surface area contributed by atoms with Gasteiger partial charge in [-0.05, 0) is 12.8 Å². The van der Waals surface area contributed by atoms with E-state index < -0.39 is 11.6 Å². The quantitative estimate of drug-likeness (QED) is 0.918. The fraction of sp³-hybridized carbons (Fsp3) is 0.312. The summed E-state index contributed by atoms with van der Waals surface area (Å²) in [5.41, 5.74) is 5.38. The summed E-state index contributed by atoms with van der Waals surface area (Å²) in [6.45, 7) is 0. The van der Waals surface area contributed by atoms with Crippen molar-refractivity contribution in [2.24, 2.45) is 5.73 Å². The summed E-state index contributed by atoms with van der Waals surface area (Å²) in [5.74, 6) is 0.0626. The summed E-state index contributed by atoms with van der Waals surface area (Å²) in [6.07, 6.45) is 7.91. The Morgan fingerprint density at radius 3 is 2.65 bits per heavy atom. The molecule has 0 spiro atoms. The van der Waals surface area contributed by atoms with Gasteiger partial charge in [-0.25, -0.2) is 4.68 Å². The van der Waals surface area contributed by atoms with Crippen LogP contribution in [-0.4, -0.2) is 32.0 Å². The Balaban J connectivity index is 1.84. The normalized spacial score (nSPS) is 24.8. The van der Waals surface area contributed by atoms with Gasteiger partial charge in [-0.1, -0.05) is 47.0 Å². The molecule has 1 atom stereocenters. The second-order valence-corrected chi connectivity index (χ2v) is 5.81. The molecule has 1 amide bonds. The van der Waals surface area contributed by atoms with Gasteiger partial charge >= 0.3 is 0 Å². The highest BCUT2D eigenvalue weighted by Gasteiger charge is 2.54. The third kappa shape index (κ3) is 2.04. The first-order valence-corrected chi connectivity index (χ1v) is 7.64. The fourth-order valence-electron chi connectivity index (χ4n) is 3.01. The molecule has 1 unspecified atom stereocenters. The molecule has 0 bridgehead atoms. The lowest BCUT2D eigenvalue weighted by Crippen LogP contribution is -2.59. The van der Waals surface area contributed by atoms with Crippen LogP contribution >= 0.6 is 0 Å². The van der Waals surface area contributed by atoms with Gasteiger partial charge in [0.25, 0.3) is 5.91 Å². The zero-order valence-electron chi connectivity index (χ0n) is 12.5. The lowest BCUT2D eigenvalue weighted by Gasteiger charge is -2.41. The van der Waals surface area contributed by atoms with Gasteiger partial charge in [0.1, 0.15) is 0 Å².